The number of carbonyl (C=O) groups excluding carboxylic acids is 1. The molecular formula is C26H25N3O4. The van der Waals surface area contributed by atoms with Crippen LogP contribution in [0.1, 0.15) is 34.3 Å². The molecule has 3 aromatic carbocycles. The summed E-state index contributed by atoms with van der Waals surface area (Å²) in [4.78, 5) is 15.6. The van der Waals surface area contributed by atoms with Gasteiger partial charge in [-0.05, 0) is 36.2 Å². The van der Waals surface area contributed by atoms with Crippen LogP contribution >= 0.6 is 0 Å². The maximum absolute atomic E-state index is 13.6. The van der Waals surface area contributed by atoms with Crippen molar-refractivity contribution in [2.45, 2.75) is 31.6 Å². The van der Waals surface area contributed by atoms with Gasteiger partial charge in [0, 0.05) is 18.0 Å². The number of para-hydroxylation sites is 1. The zero-order valence-electron chi connectivity index (χ0n) is 18.2. The van der Waals surface area contributed by atoms with Crippen LogP contribution in [0, 0.1) is 12.8 Å². The number of amides is 1. The molecule has 2 fully saturated rings. The van der Waals surface area contributed by atoms with Gasteiger partial charge in [-0.25, -0.2) is 10.9 Å². The number of aryl methyl sites for hydroxylation is 1. The van der Waals surface area contributed by atoms with Gasteiger partial charge in [-0.3, -0.25) is 4.79 Å². The molecule has 3 aliphatic rings. The lowest BCUT2D eigenvalue weighted by Crippen LogP contribution is -2.41. The number of rotatable bonds is 4. The smallest absolute Gasteiger partial charge is 0.242 e. The second kappa shape index (κ2) is 7.79. The molecule has 6 rings (SSSR count). The van der Waals surface area contributed by atoms with Crippen molar-refractivity contribution in [2.75, 3.05) is 6.79 Å². The Balaban J connectivity index is 1.40. The topological polar surface area (TPSA) is 83.1 Å². The minimum absolute atomic E-state index is 0.0358. The fourth-order valence-corrected chi connectivity index (χ4v) is 5.29. The summed E-state index contributed by atoms with van der Waals surface area (Å²) in [7, 11) is 0. The van der Waals surface area contributed by atoms with Crippen LogP contribution in [-0.2, 0) is 11.3 Å². The van der Waals surface area contributed by atoms with Crippen molar-refractivity contribution in [3.8, 4) is 17.2 Å². The largest absolute Gasteiger partial charge is 0.508 e. The number of ether oxygens (including phenoxy) is 2. The number of hydrogen-bond acceptors (Lipinski definition) is 6. The van der Waals surface area contributed by atoms with Gasteiger partial charge >= 0.3 is 0 Å². The Labute approximate surface area is 191 Å². The average Bonchev–Trinajstić information content (AvgIpc) is 3.52. The van der Waals surface area contributed by atoms with Crippen LogP contribution < -0.4 is 20.3 Å². The number of phenols is 1. The Morgan fingerprint density at radius 3 is 2.55 bits per heavy atom. The van der Waals surface area contributed by atoms with E-state index >= 15 is 0 Å². The molecule has 4 atom stereocenters. The van der Waals surface area contributed by atoms with Crippen LogP contribution in [0.15, 0.2) is 66.7 Å². The Kier molecular flexibility index (Phi) is 4.74. The Bertz CT molecular complexity index is 1210. The third kappa shape index (κ3) is 3.32. The van der Waals surface area contributed by atoms with Gasteiger partial charge in [0.05, 0.1) is 12.1 Å². The summed E-state index contributed by atoms with van der Waals surface area (Å²) in [6.07, 6.45) is 0. The highest BCUT2D eigenvalue weighted by Crippen LogP contribution is 2.49. The highest BCUT2D eigenvalue weighted by atomic mass is 16.7. The third-order valence-electron chi connectivity index (χ3n) is 6.89. The molecule has 0 spiro atoms. The van der Waals surface area contributed by atoms with Gasteiger partial charge in [0.25, 0.3) is 0 Å². The first kappa shape index (κ1) is 20.1. The Hall–Kier alpha value is -3.55. The molecule has 3 aliphatic heterocycles. The number of carbonyl (C=O) groups is 1. The summed E-state index contributed by atoms with van der Waals surface area (Å²) < 4.78 is 11.0. The number of nitrogens with zero attached hydrogens (tertiary/aromatic N) is 1. The zero-order valence-corrected chi connectivity index (χ0v) is 18.2. The summed E-state index contributed by atoms with van der Waals surface area (Å²) in [5.74, 6) is 1.60. The summed E-state index contributed by atoms with van der Waals surface area (Å²) in [6.45, 7) is 2.73. The molecule has 33 heavy (non-hydrogen) atoms. The molecule has 0 saturated carbocycles. The lowest BCUT2D eigenvalue weighted by atomic mass is 9.83. The maximum Gasteiger partial charge on any atom is 0.242 e. The van der Waals surface area contributed by atoms with E-state index in [2.05, 4.69) is 42.0 Å². The number of phenolic OH excluding ortho intramolecular Hbond substituents is 1. The van der Waals surface area contributed by atoms with Gasteiger partial charge in [-0.1, -0.05) is 54.1 Å². The molecule has 3 aromatic rings. The minimum Gasteiger partial charge on any atom is -0.508 e. The van der Waals surface area contributed by atoms with E-state index in [1.807, 2.05) is 41.3 Å². The second-order valence-electron chi connectivity index (χ2n) is 8.89. The van der Waals surface area contributed by atoms with Crippen molar-refractivity contribution in [1.29, 1.82) is 0 Å². The molecule has 7 heteroatoms. The van der Waals surface area contributed by atoms with Crippen molar-refractivity contribution < 1.29 is 19.4 Å². The van der Waals surface area contributed by atoms with Crippen molar-refractivity contribution in [3.05, 3.63) is 89.0 Å². The van der Waals surface area contributed by atoms with Crippen molar-refractivity contribution >= 4 is 5.91 Å². The predicted octanol–water partition coefficient (Wildman–Crippen LogP) is 3.35. The monoisotopic (exact) mass is 443 g/mol. The molecule has 3 heterocycles. The zero-order chi connectivity index (χ0) is 22.5. The van der Waals surface area contributed by atoms with Gasteiger partial charge in [-0.15, -0.1) is 0 Å². The summed E-state index contributed by atoms with van der Waals surface area (Å²) in [5.41, 5.74) is 10.5. The maximum atomic E-state index is 13.6. The Morgan fingerprint density at radius 1 is 0.970 bits per heavy atom. The molecule has 0 bridgehead atoms. The number of fused-ring (bicyclic) bond motifs is 2. The molecule has 0 aliphatic carbocycles. The summed E-state index contributed by atoms with van der Waals surface area (Å²) in [6, 6.07) is 20.7. The first-order valence-corrected chi connectivity index (χ1v) is 11.1. The third-order valence-corrected chi connectivity index (χ3v) is 6.89. The van der Waals surface area contributed by atoms with Gasteiger partial charge in [-0.2, -0.15) is 0 Å². The number of hydrazine groups is 1. The Morgan fingerprint density at radius 2 is 1.73 bits per heavy atom. The predicted molar refractivity (Wildman–Crippen MR) is 121 cm³/mol. The van der Waals surface area contributed by atoms with Gasteiger partial charge < -0.3 is 19.5 Å². The number of hydrogen-bond donors (Lipinski definition) is 3. The van der Waals surface area contributed by atoms with Gasteiger partial charge in [0.15, 0.2) is 11.5 Å². The highest BCUT2D eigenvalue weighted by molar-refractivity contribution is 5.86. The minimum atomic E-state index is -0.394. The van der Waals surface area contributed by atoms with Crippen LogP contribution in [-0.4, -0.2) is 28.7 Å². The van der Waals surface area contributed by atoms with E-state index in [0.717, 1.165) is 22.4 Å². The van der Waals surface area contributed by atoms with Crippen LogP contribution in [0.4, 0.5) is 0 Å². The molecule has 7 nitrogen and oxygen atoms in total. The molecule has 168 valence electrons. The van der Waals surface area contributed by atoms with E-state index in [0.29, 0.717) is 12.3 Å². The summed E-state index contributed by atoms with van der Waals surface area (Å²) >= 11 is 0. The van der Waals surface area contributed by atoms with E-state index in [1.165, 1.54) is 5.56 Å². The van der Waals surface area contributed by atoms with E-state index in [4.69, 9.17) is 9.47 Å². The first-order valence-electron chi connectivity index (χ1n) is 11.1. The fraction of sp³-hybridized carbons (Fsp3) is 0.269. The van der Waals surface area contributed by atoms with Crippen LogP contribution in [0.5, 0.6) is 17.2 Å². The van der Waals surface area contributed by atoms with Crippen molar-refractivity contribution in [2.24, 2.45) is 5.92 Å². The van der Waals surface area contributed by atoms with Crippen molar-refractivity contribution in [3.63, 3.8) is 0 Å². The van der Waals surface area contributed by atoms with E-state index < -0.39 is 6.04 Å². The lowest BCUT2D eigenvalue weighted by Gasteiger charge is -2.31. The second-order valence-corrected chi connectivity index (χ2v) is 8.89. The quantitative estimate of drug-likeness (QED) is 0.574. The highest BCUT2D eigenvalue weighted by Gasteiger charge is 2.55. The number of benzene rings is 3. The fourth-order valence-electron chi connectivity index (χ4n) is 5.29. The normalized spacial score (nSPS) is 25.5. The van der Waals surface area contributed by atoms with E-state index in [-0.39, 0.29) is 36.5 Å². The molecule has 1 amide bonds. The molecule has 0 aromatic heterocycles. The van der Waals surface area contributed by atoms with Crippen LogP contribution in [0.3, 0.4) is 0 Å². The number of aromatic hydroxyl groups is 1. The molecular weight excluding hydrogens is 418 g/mol. The number of likely N-dealkylation sites (tertiary alicyclic amines) is 1. The van der Waals surface area contributed by atoms with Gasteiger partial charge in [0.1, 0.15) is 11.8 Å². The van der Waals surface area contributed by atoms with Crippen molar-refractivity contribution in [1.82, 2.24) is 15.8 Å². The summed E-state index contributed by atoms with van der Waals surface area (Å²) in [5, 5.41) is 10.5. The van der Waals surface area contributed by atoms with Crippen LogP contribution in [0.25, 0.3) is 0 Å². The van der Waals surface area contributed by atoms with Crippen LogP contribution in [0.2, 0.25) is 0 Å². The van der Waals surface area contributed by atoms with E-state index in [9.17, 15) is 9.90 Å². The molecule has 4 unspecified atom stereocenters. The SMILES string of the molecule is Cc1ccc(C2C3C(NNC3c3ccccc3O)C(=O)N2Cc2ccc3c(c2)OCO3)cc1. The standard InChI is InChI=1S/C26H25N3O4/c1-15-6-9-17(10-7-15)25-22-23(18-4-2-3-5-19(18)30)27-28-24(22)26(31)29(25)13-16-8-11-20-21(12-16)33-14-32-20/h2-12,22-25,27-28,30H,13-14H2,1H3. The molecule has 0 radical (unpaired) electrons. The first-order chi connectivity index (χ1) is 16.1. The average molecular weight is 444 g/mol. The molecule has 3 N–H and O–H groups in total. The van der Waals surface area contributed by atoms with E-state index in [1.54, 1.807) is 6.07 Å². The lowest BCUT2D eigenvalue weighted by molar-refractivity contribution is -0.131. The molecule has 2 saturated heterocycles. The number of nitrogens with one attached hydrogen (secondary N) is 2. The van der Waals surface area contributed by atoms with Gasteiger partial charge in [0.2, 0.25) is 12.7 Å².